The molecule has 10 aromatic rings. The van der Waals surface area contributed by atoms with Gasteiger partial charge in [0.05, 0.1) is 16.7 Å². The summed E-state index contributed by atoms with van der Waals surface area (Å²) in [6.07, 6.45) is 0. The van der Waals surface area contributed by atoms with Crippen molar-refractivity contribution in [3.05, 3.63) is 249 Å². The lowest BCUT2D eigenvalue weighted by molar-refractivity contribution is 1.28. The van der Waals surface area contributed by atoms with Crippen molar-refractivity contribution >= 4 is 27.8 Å². The molecule has 0 bridgehead atoms. The van der Waals surface area contributed by atoms with Crippen LogP contribution in [0.3, 0.4) is 0 Å². The van der Waals surface area contributed by atoms with Gasteiger partial charge < -0.3 is 4.90 Å². The molecule has 0 fully saturated rings. The predicted molar refractivity (Wildman–Crippen MR) is 251 cm³/mol. The van der Waals surface area contributed by atoms with Gasteiger partial charge in [-0.15, -0.1) is 0 Å². The van der Waals surface area contributed by atoms with E-state index in [0.29, 0.717) is 22.4 Å². The maximum absolute atomic E-state index is 9.84. The average molecular weight is 760 g/mol. The molecule has 0 radical (unpaired) electrons. The van der Waals surface area contributed by atoms with Gasteiger partial charge in [0.25, 0.3) is 0 Å². The second kappa shape index (κ2) is 16.0. The first-order chi connectivity index (χ1) is 32.6. The van der Waals surface area contributed by atoms with Crippen LogP contribution < -0.4 is 4.90 Å². The number of fused-ring (bicyclic) bond motifs is 1. The molecular weight excluding hydrogens is 711 g/mol. The highest BCUT2D eigenvalue weighted by Crippen LogP contribution is 2.44. The fourth-order valence-corrected chi connectivity index (χ4v) is 7.82. The molecule has 0 saturated carbocycles. The van der Waals surface area contributed by atoms with Crippen LogP contribution in [0, 0.1) is 0 Å². The molecule has 0 aliphatic heterocycles. The SMILES string of the molecule is [2H]c1c([2H])c(N(c2ccccc2-c2ccccc2)c2c([2H])c([2H])c(-c3ccc4ccccc4c3-c3ccccc3)c([2H])c2[2H])c([2H])c([2H])c1-c1ccc(-c2ccccc2)c(-c2ccccc2)c1. The van der Waals surface area contributed by atoms with Crippen LogP contribution in [-0.2, 0) is 0 Å². The Balaban J connectivity index is 1.23. The second-order valence-corrected chi connectivity index (χ2v) is 14.2. The maximum Gasteiger partial charge on any atom is 0.0645 e. The van der Waals surface area contributed by atoms with Crippen LogP contribution in [0.1, 0.15) is 11.0 Å². The van der Waals surface area contributed by atoms with Crippen molar-refractivity contribution in [2.75, 3.05) is 4.90 Å². The van der Waals surface area contributed by atoms with Gasteiger partial charge in [0.2, 0.25) is 0 Å². The van der Waals surface area contributed by atoms with Gasteiger partial charge in [-0.05, 0) is 108 Å². The third kappa shape index (κ3) is 7.12. The van der Waals surface area contributed by atoms with Crippen LogP contribution in [0.25, 0.3) is 77.5 Å². The topological polar surface area (TPSA) is 3.24 Å². The van der Waals surface area contributed by atoms with Crippen molar-refractivity contribution < 1.29 is 11.0 Å². The largest absolute Gasteiger partial charge is 0.310 e. The number of anilines is 3. The van der Waals surface area contributed by atoms with Crippen LogP contribution in [0.4, 0.5) is 17.1 Å². The molecule has 10 rings (SSSR count). The van der Waals surface area contributed by atoms with E-state index in [4.69, 9.17) is 0 Å². The molecule has 1 heteroatoms. The smallest absolute Gasteiger partial charge is 0.0645 e. The lowest BCUT2D eigenvalue weighted by Gasteiger charge is -2.28. The van der Waals surface area contributed by atoms with Crippen LogP contribution in [0.5, 0.6) is 0 Å². The summed E-state index contributed by atoms with van der Waals surface area (Å²) in [7, 11) is 0. The zero-order chi connectivity index (χ0) is 46.3. The molecule has 0 atom stereocenters. The Labute approximate surface area is 358 Å². The van der Waals surface area contributed by atoms with Crippen molar-refractivity contribution in [1.82, 2.24) is 0 Å². The Morgan fingerprint density at radius 2 is 0.763 bits per heavy atom. The molecule has 0 amide bonds. The van der Waals surface area contributed by atoms with E-state index in [2.05, 4.69) is 0 Å². The maximum atomic E-state index is 9.84. The van der Waals surface area contributed by atoms with Crippen LogP contribution in [-0.4, -0.2) is 0 Å². The zero-order valence-corrected chi connectivity index (χ0v) is 32.0. The normalized spacial score (nSPS) is 12.9. The van der Waals surface area contributed by atoms with Gasteiger partial charge in [-0.25, -0.2) is 0 Å². The Hall–Kier alpha value is -7.74. The molecule has 0 unspecified atom stereocenters. The molecule has 0 aliphatic carbocycles. The van der Waals surface area contributed by atoms with E-state index in [-0.39, 0.29) is 46.7 Å². The van der Waals surface area contributed by atoms with Crippen LogP contribution in [0.2, 0.25) is 0 Å². The molecule has 0 aliphatic rings. The van der Waals surface area contributed by atoms with E-state index in [1.54, 1.807) is 12.1 Å². The van der Waals surface area contributed by atoms with E-state index in [1.807, 2.05) is 188 Å². The number of hydrogen-bond acceptors (Lipinski definition) is 1. The van der Waals surface area contributed by atoms with Gasteiger partial charge >= 0.3 is 0 Å². The summed E-state index contributed by atoms with van der Waals surface area (Å²) in [6.45, 7) is 0. The van der Waals surface area contributed by atoms with Crippen molar-refractivity contribution in [3.63, 3.8) is 0 Å². The Morgan fingerprint density at radius 1 is 0.288 bits per heavy atom. The van der Waals surface area contributed by atoms with Gasteiger partial charge in [0, 0.05) is 16.9 Å². The fourth-order valence-electron chi connectivity index (χ4n) is 7.82. The lowest BCUT2D eigenvalue weighted by atomic mass is 9.89. The molecule has 278 valence electrons. The summed E-state index contributed by atoms with van der Waals surface area (Å²) >= 11 is 0. The molecule has 0 aromatic heterocycles. The Bertz CT molecular complexity index is 3430. The minimum atomic E-state index is -0.408. The van der Waals surface area contributed by atoms with E-state index in [9.17, 15) is 11.0 Å². The van der Waals surface area contributed by atoms with Gasteiger partial charge in [0.15, 0.2) is 0 Å². The number of hydrogen-bond donors (Lipinski definition) is 0. The minimum absolute atomic E-state index is 0.0893. The van der Waals surface area contributed by atoms with E-state index in [1.165, 1.54) is 4.90 Å². The van der Waals surface area contributed by atoms with Crippen LogP contribution in [0.15, 0.2) is 249 Å². The van der Waals surface area contributed by atoms with Crippen molar-refractivity contribution in [2.45, 2.75) is 0 Å². The number of rotatable bonds is 9. The van der Waals surface area contributed by atoms with Crippen molar-refractivity contribution in [3.8, 4) is 66.8 Å². The third-order valence-electron chi connectivity index (χ3n) is 10.6. The van der Waals surface area contributed by atoms with Crippen LogP contribution >= 0.6 is 0 Å². The van der Waals surface area contributed by atoms with Crippen molar-refractivity contribution in [1.29, 1.82) is 0 Å². The lowest BCUT2D eigenvalue weighted by Crippen LogP contribution is -2.11. The summed E-state index contributed by atoms with van der Waals surface area (Å²) < 4.78 is 78.1. The first-order valence-electron chi connectivity index (χ1n) is 23.6. The van der Waals surface area contributed by atoms with Crippen molar-refractivity contribution in [2.24, 2.45) is 0 Å². The van der Waals surface area contributed by atoms with Gasteiger partial charge in [-0.1, -0.05) is 212 Å². The molecule has 0 saturated heterocycles. The van der Waals surface area contributed by atoms with E-state index in [0.717, 1.165) is 49.7 Å². The molecule has 0 heterocycles. The highest BCUT2D eigenvalue weighted by molar-refractivity contribution is 6.04. The average Bonchev–Trinajstić information content (AvgIpc) is 3.38. The van der Waals surface area contributed by atoms with Gasteiger partial charge in [-0.3, -0.25) is 0 Å². The number of benzene rings is 10. The summed E-state index contributed by atoms with van der Waals surface area (Å²) in [5, 5.41) is 1.84. The van der Waals surface area contributed by atoms with Gasteiger partial charge in [0.1, 0.15) is 0 Å². The second-order valence-electron chi connectivity index (χ2n) is 14.2. The predicted octanol–water partition coefficient (Wildman–Crippen LogP) is 16.3. The Morgan fingerprint density at radius 3 is 1.39 bits per heavy atom. The van der Waals surface area contributed by atoms with E-state index < -0.39 is 24.2 Å². The third-order valence-corrected chi connectivity index (χ3v) is 10.6. The highest BCUT2D eigenvalue weighted by Gasteiger charge is 2.19. The monoisotopic (exact) mass is 759 g/mol. The molecule has 59 heavy (non-hydrogen) atoms. The molecule has 0 spiro atoms. The first-order valence-corrected chi connectivity index (χ1v) is 19.6. The molecule has 10 aromatic carbocycles. The summed E-state index contributed by atoms with van der Waals surface area (Å²) in [5.74, 6) is 0. The van der Waals surface area contributed by atoms with E-state index >= 15 is 0 Å². The summed E-state index contributed by atoms with van der Waals surface area (Å²) in [5.41, 5.74) is 7.82. The summed E-state index contributed by atoms with van der Waals surface area (Å²) in [6, 6.07) is 60.5. The highest BCUT2D eigenvalue weighted by atomic mass is 15.1. The minimum Gasteiger partial charge on any atom is -0.310 e. The van der Waals surface area contributed by atoms with Gasteiger partial charge in [-0.2, -0.15) is 0 Å². The molecule has 0 N–H and O–H groups in total. The summed E-state index contributed by atoms with van der Waals surface area (Å²) in [4.78, 5) is 1.39. The quantitative estimate of drug-likeness (QED) is 0.142. The first kappa shape index (κ1) is 27.8. The number of para-hydroxylation sites is 1. The fraction of sp³-hybridized carbons (Fsp3) is 0. The molecular formula is C58H41N. The number of nitrogens with zero attached hydrogens (tertiary/aromatic N) is 1. The Kier molecular flexibility index (Phi) is 7.54. The molecule has 1 nitrogen and oxygen atoms in total. The standard InChI is InChI=1S/C58H41N/c1-5-17-43(18-6-1)52-39-34-49(41-56(52)45-21-9-3-10-22-45)42-29-35-50(36-30-42)59(57-28-16-15-26-53(57)44-19-7-2-8-20-44)51-37-31-47(32-38-51)55-40-33-46-23-13-14-27-54(46)58(55)48-24-11-4-12-25-48/h1-41H/i29D,30D,31D,32D,35D,36D,37D,38D. The zero-order valence-electron chi connectivity index (χ0n) is 40.0.